The molecule has 0 aromatic carbocycles. The van der Waals surface area contributed by atoms with Crippen LogP contribution in [-0.4, -0.2) is 36.1 Å². The number of rotatable bonds is 3. The minimum atomic E-state index is -0.108. The number of amides is 1. The normalized spacial score (nSPS) is 27.2. The zero-order valence-corrected chi connectivity index (χ0v) is 12.6. The number of nitrogens with one attached hydrogen (secondary N) is 2. The SMILES string of the molecule is COc1nc(C(=O)N[C@@H]2C[C@H]3CC[C@@H]2N3)cc2sccc12. The summed E-state index contributed by atoms with van der Waals surface area (Å²) < 4.78 is 6.33. The Morgan fingerprint density at radius 1 is 1.52 bits per heavy atom. The van der Waals surface area contributed by atoms with Crippen LogP contribution < -0.4 is 15.4 Å². The van der Waals surface area contributed by atoms with Gasteiger partial charge in [-0.3, -0.25) is 4.79 Å². The van der Waals surface area contributed by atoms with Gasteiger partial charge in [0.1, 0.15) is 5.69 Å². The van der Waals surface area contributed by atoms with Crippen LogP contribution in [-0.2, 0) is 0 Å². The van der Waals surface area contributed by atoms with Crippen LogP contribution in [0.3, 0.4) is 0 Å². The molecule has 4 rings (SSSR count). The van der Waals surface area contributed by atoms with Gasteiger partial charge in [-0.1, -0.05) is 0 Å². The highest BCUT2D eigenvalue weighted by Crippen LogP contribution is 2.30. The van der Waals surface area contributed by atoms with Crippen molar-refractivity contribution in [2.24, 2.45) is 0 Å². The molecule has 4 heterocycles. The van der Waals surface area contributed by atoms with E-state index in [1.54, 1.807) is 18.4 Å². The molecule has 2 aromatic heterocycles. The Kier molecular flexibility index (Phi) is 3.08. The Balaban J connectivity index is 1.59. The molecular weight excluding hydrogens is 286 g/mol. The Morgan fingerprint density at radius 2 is 2.43 bits per heavy atom. The number of thiophene rings is 1. The second-order valence-corrected chi connectivity index (χ2v) is 6.66. The minimum absolute atomic E-state index is 0.108. The van der Waals surface area contributed by atoms with Crippen molar-refractivity contribution in [1.29, 1.82) is 0 Å². The van der Waals surface area contributed by atoms with Crippen LogP contribution in [0.15, 0.2) is 17.5 Å². The number of hydrogen-bond acceptors (Lipinski definition) is 5. The van der Waals surface area contributed by atoms with Gasteiger partial charge in [0.2, 0.25) is 5.88 Å². The molecule has 0 radical (unpaired) electrons. The van der Waals surface area contributed by atoms with Gasteiger partial charge >= 0.3 is 0 Å². The molecule has 3 atom stereocenters. The van der Waals surface area contributed by atoms with Crippen molar-refractivity contribution in [1.82, 2.24) is 15.6 Å². The second kappa shape index (κ2) is 4.96. The fourth-order valence-corrected chi connectivity index (χ4v) is 4.25. The Labute approximate surface area is 126 Å². The molecule has 1 amide bonds. The van der Waals surface area contributed by atoms with E-state index < -0.39 is 0 Å². The molecule has 0 spiro atoms. The molecule has 2 aromatic rings. The van der Waals surface area contributed by atoms with Crippen molar-refractivity contribution in [2.75, 3.05) is 7.11 Å². The van der Waals surface area contributed by atoms with Gasteiger partial charge in [-0.15, -0.1) is 11.3 Å². The summed E-state index contributed by atoms with van der Waals surface area (Å²) in [5, 5.41) is 9.59. The predicted molar refractivity (Wildman–Crippen MR) is 82.0 cm³/mol. The third-order valence-corrected chi connectivity index (χ3v) is 5.32. The van der Waals surface area contributed by atoms with Crippen LogP contribution in [0, 0.1) is 0 Å². The van der Waals surface area contributed by atoms with Crippen molar-refractivity contribution in [2.45, 2.75) is 37.4 Å². The quantitative estimate of drug-likeness (QED) is 0.909. The van der Waals surface area contributed by atoms with Crippen molar-refractivity contribution in [3.8, 4) is 5.88 Å². The first-order chi connectivity index (χ1) is 10.2. The molecular formula is C15H17N3O2S. The lowest BCUT2D eigenvalue weighted by atomic mass is 9.95. The summed E-state index contributed by atoms with van der Waals surface area (Å²) in [6.07, 6.45) is 3.40. The smallest absolute Gasteiger partial charge is 0.270 e. The number of nitrogens with zero attached hydrogens (tertiary/aromatic N) is 1. The van der Waals surface area contributed by atoms with Gasteiger partial charge in [-0.25, -0.2) is 4.98 Å². The molecule has 2 fully saturated rings. The number of ether oxygens (including phenoxy) is 1. The molecule has 21 heavy (non-hydrogen) atoms. The first kappa shape index (κ1) is 13.0. The van der Waals surface area contributed by atoms with E-state index in [1.165, 1.54) is 6.42 Å². The van der Waals surface area contributed by atoms with E-state index in [0.29, 0.717) is 23.7 Å². The molecule has 0 aliphatic carbocycles. The van der Waals surface area contributed by atoms with Crippen LogP contribution in [0.5, 0.6) is 5.88 Å². The van der Waals surface area contributed by atoms with Crippen molar-refractivity contribution < 1.29 is 9.53 Å². The van der Waals surface area contributed by atoms with Crippen LogP contribution >= 0.6 is 11.3 Å². The molecule has 2 aliphatic heterocycles. The maximum absolute atomic E-state index is 12.5. The molecule has 2 aliphatic rings. The highest BCUT2D eigenvalue weighted by Gasteiger charge is 2.39. The third kappa shape index (κ3) is 2.18. The topological polar surface area (TPSA) is 63.2 Å². The average Bonchev–Trinajstić information content (AvgIpc) is 3.21. The summed E-state index contributed by atoms with van der Waals surface area (Å²) in [4.78, 5) is 16.8. The standard InChI is InChI=1S/C15H17N3O2S/c1-20-15-9-4-5-21-13(9)7-12(18-15)14(19)17-11-6-8-2-3-10(11)16-8/h4-5,7-8,10-11,16H,2-3,6H2,1H3,(H,17,19)/t8-,10+,11-/m1/s1. The van der Waals surface area contributed by atoms with Gasteiger partial charge in [-0.2, -0.15) is 0 Å². The summed E-state index contributed by atoms with van der Waals surface area (Å²) in [6.45, 7) is 0. The Bertz CT molecular complexity index is 699. The molecule has 2 bridgehead atoms. The Morgan fingerprint density at radius 3 is 3.14 bits per heavy atom. The number of carbonyl (C=O) groups is 1. The van der Waals surface area contributed by atoms with Crippen LogP contribution in [0.1, 0.15) is 29.8 Å². The lowest BCUT2D eigenvalue weighted by Gasteiger charge is -2.21. The number of fused-ring (bicyclic) bond motifs is 3. The maximum Gasteiger partial charge on any atom is 0.270 e. The van der Waals surface area contributed by atoms with E-state index in [0.717, 1.165) is 22.9 Å². The first-order valence-electron chi connectivity index (χ1n) is 7.24. The van der Waals surface area contributed by atoms with E-state index >= 15 is 0 Å². The molecule has 0 saturated carbocycles. The summed E-state index contributed by atoms with van der Waals surface area (Å²) >= 11 is 1.59. The fraction of sp³-hybridized carbons (Fsp3) is 0.467. The van der Waals surface area contributed by atoms with Gasteiger partial charge < -0.3 is 15.4 Å². The van der Waals surface area contributed by atoms with Gasteiger partial charge in [0.15, 0.2) is 0 Å². The molecule has 5 nitrogen and oxygen atoms in total. The average molecular weight is 303 g/mol. The zero-order valence-electron chi connectivity index (χ0n) is 11.8. The second-order valence-electron chi connectivity index (χ2n) is 5.71. The Hall–Kier alpha value is -1.66. The highest BCUT2D eigenvalue weighted by molar-refractivity contribution is 7.17. The summed E-state index contributed by atoms with van der Waals surface area (Å²) in [7, 11) is 1.58. The lowest BCUT2D eigenvalue weighted by molar-refractivity contribution is 0.0925. The highest BCUT2D eigenvalue weighted by atomic mass is 32.1. The van der Waals surface area contributed by atoms with Gasteiger partial charge in [0.05, 0.1) is 12.5 Å². The molecule has 2 saturated heterocycles. The fourth-order valence-electron chi connectivity index (χ4n) is 3.43. The van der Waals surface area contributed by atoms with Gasteiger partial charge in [0.25, 0.3) is 5.91 Å². The van der Waals surface area contributed by atoms with Crippen LogP contribution in [0.25, 0.3) is 10.1 Å². The summed E-state index contributed by atoms with van der Waals surface area (Å²) in [5.41, 5.74) is 0.435. The zero-order chi connectivity index (χ0) is 14.4. The van der Waals surface area contributed by atoms with Crippen molar-refractivity contribution in [3.05, 3.63) is 23.2 Å². The minimum Gasteiger partial charge on any atom is -0.481 e. The van der Waals surface area contributed by atoms with Gasteiger partial charge in [-0.05, 0) is 36.8 Å². The number of carbonyl (C=O) groups excluding carboxylic acids is 1. The van der Waals surface area contributed by atoms with E-state index in [1.807, 2.05) is 17.5 Å². The van der Waals surface area contributed by atoms with E-state index in [9.17, 15) is 4.79 Å². The lowest BCUT2D eigenvalue weighted by Crippen LogP contribution is -2.43. The number of methoxy groups -OCH3 is 1. The maximum atomic E-state index is 12.5. The van der Waals surface area contributed by atoms with E-state index in [2.05, 4.69) is 15.6 Å². The number of aromatic nitrogens is 1. The molecule has 0 unspecified atom stereocenters. The van der Waals surface area contributed by atoms with E-state index in [4.69, 9.17) is 4.74 Å². The van der Waals surface area contributed by atoms with E-state index in [-0.39, 0.29) is 11.9 Å². The van der Waals surface area contributed by atoms with Crippen LogP contribution in [0.2, 0.25) is 0 Å². The first-order valence-corrected chi connectivity index (χ1v) is 8.11. The number of hydrogen-bond donors (Lipinski definition) is 2. The summed E-state index contributed by atoms with van der Waals surface area (Å²) in [6, 6.07) is 5.03. The molecule has 2 N–H and O–H groups in total. The molecule has 6 heteroatoms. The van der Waals surface area contributed by atoms with Gasteiger partial charge in [0, 0.05) is 22.8 Å². The summed E-state index contributed by atoms with van der Waals surface area (Å²) in [5.74, 6) is 0.410. The third-order valence-electron chi connectivity index (χ3n) is 4.46. The predicted octanol–water partition coefficient (Wildman–Crippen LogP) is 1.93. The monoisotopic (exact) mass is 303 g/mol. The van der Waals surface area contributed by atoms with Crippen LogP contribution in [0.4, 0.5) is 0 Å². The van der Waals surface area contributed by atoms with Crippen molar-refractivity contribution in [3.63, 3.8) is 0 Å². The largest absolute Gasteiger partial charge is 0.481 e. The number of pyridine rings is 1. The molecule has 110 valence electrons. The van der Waals surface area contributed by atoms with Crippen molar-refractivity contribution >= 4 is 27.3 Å².